The predicted molar refractivity (Wildman–Crippen MR) is 80.0 cm³/mol. The van der Waals surface area contributed by atoms with E-state index in [1.807, 2.05) is 18.5 Å². The first-order chi connectivity index (χ1) is 10.1. The largest absolute Gasteiger partial charge is 0.353 e. The minimum Gasteiger partial charge on any atom is -0.353 e. The molecule has 116 valence electrons. The summed E-state index contributed by atoms with van der Waals surface area (Å²) in [4.78, 5) is 12.0. The molecular weight excluding hydrogens is 266 g/mol. The second-order valence-electron chi connectivity index (χ2n) is 6.62. The number of amides is 1. The fourth-order valence-electron chi connectivity index (χ4n) is 3.38. The Hall–Kier alpha value is -1.43. The van der Waals surface area contributed by atoms with Crippen molar-refractivity contribution in [3.05, 3.63) is 11.9 Å². The van der Waals surface area contributed by atoms with Crippen LogP contribution in [0, 0.1) is 0 Å². The van der Waals surface area contributed by atoms with Crippen molar-refractivity contribution in [1.82, 2.24) is 25.6 Å². The Morgan fingerprint density at radius 1 is 1.43 bits per heavy atom. The monoisotopic (exact) mass is 291 g/mol. The van der Waals surface area contributed by atoms with Gasteiger partial charge in [0.15, 0.2) is 0 Å². The average Bonchev–Trinajstić information content (AvgIpc) is 3.18. The van der Waals surface area contributed by atoms with E-state index < -0.39 is 0 Å². The van der Waals surface area contributed by atoms with Gasteiger partial charge in [-0.3, -0.25) is 4.79 Å². The van der Waals surface area contributed by atoms with Gasteiger partial charge in [0.2, 0.25) is 5.91 Å². The van der Waals surface area contributed by atoms with Crippen LogP contribution < -0.4 is 10.6 Å². The van der Waals surface area contributed by atoms with Crippen molar-refractivity contribution in [2.24, 2.45) is 0 Å². The normalized spacial score (nSPS) is 26.6. The van der Waals surface area contributed by atoms with Crippen molar-refractivity contribution in [3.8, 4) is 0 Å². The van der Waals surface area contributed by atoms with Crippen LogP contribution >= 0.6 is 0 Å². The summed E-state index contributed by atoms with van der Waals surface area (Å²) < 4.78 is 1.95. The first-order valence-corrected chi connectivity index (χ1v) is 8.09. The summed E-state index contributed by atoms with van der Waals surface area (Å²) >= 11 is 0. The molecule has 1 aliphatic carbocycles. The SMILES string of the molecule is CC(C)NC(=O)[C@@H]1C[C@@H](n2cc(C3CCCC3)nn2)CN1. The lowest BCUT2D eigenvalue weighted by Gasteiger charge is -2.13. The highest BCUT2D eigenvalue weighted by molar-refractivity contribution is 5.82. The van der Waals surface area contributed by atoms with Crippen molar-refractivity contribution in [2.45, 2.75) is 70.0 Å². The van der Waals surface area contributed by atoms with Crippen molar-refractivity contribution in [3.63, 3.8) is 0 Å². The Kier molecular flexibility index (Phi) is 4.24. The minimum absolute atomic E-state index is 0.0867. The summed E-state index contributed by atoms with van der Waals surface area (Å²) in [5, 5.41) is 14.9. The van der Waals surface area contributed by atoms with Gasteiger partial charge in [0, 0.05) is 24.7 Å². The second kappa shape index (κ2) is 6.13. The van der Waals surface area contributed by atoms with E-state index in [1.54, 1.807) is 0 Å². The Morgan fingerprint density at radius 3 is 2.90 bits per heavy atom. The molecule has 2 aliphatic rings. The Bertz CT molecular complexity index is 492. The fourth-order valence-corrected chi connectivity index (χ4v) is 3.38. The van der Waals surface area contributed by atoms with E-state index in [4.69, 9.17) is 0 Å². The Labute approximate surface area is 125 Å². The van der Waals surface area contributed by atoms with E-state index >= 15 is 0 Å². The summed E-state index contributed by atoms with van der Waals surface area (Å²) in [7, 11) is 0. The average molecular weight is 291 g/mol. The molecule has 1 aliphatic heterocycles. The third kappa shape index (κ3) is 3.26. The minimum atomic E-state index is -0.114. The summed E-state index contributed by atoms with van der Waals surface area (Å²) in [6, 6.07) is 0.297. The van der Waals surface area contributed by atoms with E-state index in [0.29, 0.717) is 5.92 Å². The van der Waals surface area contributed by atoms with Crippen LogP contribution in [0.1, 0.15) is 63.6 Å². The second-order valence-corrected chi connectivity index (χ2v) is 6.62. The van der Waals surface area contributed by atoms with Gasteiger partial charge in [-0.1, -0.05) is 18.1 Å². The van der Waals surface area contributed by atoms with Crippen LogP contribution in [0.3, 0.4) is 0 Å². The van der Waals surface area contributed by atoms with Gasteiger partial charge in [-0.05, 0) is 33.1 Å². The molecule has 1 amide bonds. The van der Waals surface area contributed by atoms with Crippen LogP contribution in [-0.2, 0) is 4.79 Å². The smallest absolute Gasteiger partial charge is 0.237 e. The van der Waals surface area contributed by atoms with Crippen LogP contribution in [0.2, 0.25) is 0 Å². The zero-order valence-corrected chi connectivity index (χ0v) is 12.9. The topological polar surface area (TPSA) is 71.8 Å². The number of aromatic nitrogens is 3. The molecule has 0 bridgehead atoms. The van der Waals surface area contributed by atoms with Gasteiger partial charge < -0.3 is 10.6 Å². The lowest BCUT2D eigenvalue weighted by Crippen LogP contribution is -2.43. The van der Waals surface area contributed by atoms with Crippen LogP contribution in [-0.4, -0.2) is 39.5 Å². The molecule has 0 radical (unpaired) electrons. The van der Waals surface area contributed by atoms with Crippen molar-refractivity contribution >= 4 is 5.91 Å². The molecule has 0 unspecified atom stereocenters. The summed E-state index contributed by atoms with van der Waals surface area (Å²) in [6.45, 7) is 4.74. The predicted octanol–water partition coefficient (Wildman–Crippen LogP) is 1.36. The molecule has 2 heterocycles. The lowest BCUT2D eigenvalue weighted by molar-refractivity contribution is -0.123. The van der Waals surface area contributed by atoms with Gasteiger partial charge in [0.05, 0.1) is 17.8 Å². The molecule has 6 heteroatoms. The van der Waals surface area contributed by atoms with Gasteiger partial charge in [-0.15, -0.1) is 5.10 Å². The van der Waals surface area contributed by atoms with Crippen LogP contribution in [0.25, 0.3) is 0 Å². The molecular formula is C15H25N5O. The van der Waals surface area contributed by atoms with E-state index in [0.717, 1.165) is 18.7 Å². The van der Waals surface area contributed by atoms with Gasteiger partial charge in [0.25, 0.3) is 0 Å². The summed E-state index contributed by atoms with van der Waals surface area (Å²) in [5.41, 5.74) is 1.13. The third-order valence-corrected chi connectivity index (χ3v) is 4.53. The maximum atomic E-state index is 12.0. The van der Waals surface area contributed by atoms with Crippen molar-refractivity contribution in [1.29, 1.82) is 0 Å². The van der Waals surface area contributed by atoms with Crippen LogP contribution in [0.15, 0.2) is 6.20 Å². The fraction of sp³-hybridized carbons (Fsp3) is 0.800. The summed E-state index contributed by atoms with van der Waals surface area (Å²) in [6.07, 6.45) is 7.96. The zero-order chi connectivity index (χ0) is 14.8. The maximum absolute atomic E-state index is 12.0. The van der Waals surface area contributed by atoms with E-state index in [2.05, 4.69) is 27.1 Å². The van der Waals surface area contributed by atoms with Gasteiger partial charge >= 0.3 is 0 Å². The molecule has 0 spiro atoms. The Balaban J connectivity index is 1.59. The third-order valence-electron chi connectivity index (χ3n) is 4.53. The molecule has 3 rings (SSSR count). The van der Waals surface area contributed by atoms with Gasteiger partial charge in [-0.25, -0.2) is 4.68 Å². The van der Waals surface area contributed by atoms with E-state index in [1.165, 1.54) is 25.7 Å². The number of carbonyl (C=O) groups excluding carboxylic acids is 1. The quantitative estimate of drug-likeness (QED) is 0.878. The molecule has 2 fully saturated rings. The molecule has 1 saturated heterocycles. The number of nitrogens with zero attached hydrogens (tertiary/aromatic N) is 3. The first kappa shape index (κ1) is 14.5. The van der Waals surface area contributed by atoms with Gasteiger partial charge in [0.1, 0.15) is 0 Å². The molecule has 1 aromatic rings. The molecule has 0 aromatic carbocycles. The number of hydrogen-bond donors (Lipinski definition) is 2. The summed E-state index contributed by atoms with van der Waals surface area (Å²) in [5.74, 6) is 0.678. The molecule has 2 atom stereocenters. The van der Waals surface area contributed by atoms with Gasteiger partial charge in [-0.2, -0.15) is 0 Å². The zero-order valence-electron chi connectivity index (χ0n) is 12.9. The van der Waals surface area contributed by atoms with Crippen molar-refractivity contribution in [2.75, 3.05) is 6.54 Å². The molecule has 1 aromatic heterocycles. The molecule has 1 saturated carbocycles. The highest BCUT2D eigenvalue weighted by Gasteiger charge is 2.32. The Morgan fingerprint density at radius 2 is 2.19 bits per heavy atom. The number of nitrogens with one attached hydrogen (secondary N) is 2. The van der Waals surface area contributed by atoms with Crippen LogP contribution in [0.5, 0.6) is 0 Å². The highest BCUT2D eigenvalue weighted by atomic mass is 16.2. The molecule has 21 heavy (non-hydrogen) atoms. The van der Waals surface area contributed by atoms with Crippen molar-refractivity contribution < 1.29 is 4.79 Å². The maximum Gasteiger partial charge on any atom is 0.237 e. The highest BCUT2D eigenvalue weighted by Crippen LogP contribution is 2.33. The van der Waals surface area contributed by atoms with Crippen LogP contribution in [0.4, 0.5) is 0 Å². The van der Waals surface area contributed by atoms with E-state index in [-0.39, 0.29) is 24.0 Å². The molecule has 6 nitrogen and oxygen atoms in total. The van der Waals surface area contributed by atoms with E-state index in [9.17, 15) is 4.79 Å². The number of carbonyl (C=O) groups is 1. The molecule has 2 N–H and O–H groups in total. The standard InChI is InChI=1S/C15H25N5O/c1-10(2)17-15(21)13-7-12(8-16-13)20-9-14(18-19-20)11-5-3-4-6-11/h9-13,16H,3-8H2,1-2H3,(H,17,21)/t12-,13+/m1/s1. The first-order valence-electron chi connectivity index (χ1n) is 8.09. The number of hydrogen-bond acceptors (Lipinski definition) is 4. The number of rotatable bonds is 4. The lowest BCUT2D eigenvalue weighted by atomic mass is 10.1.